The Morgan fingerprint density at radius 1 is 1.25 bits per heavy atom. The summed E-state index contributed by atoms with van der Waals surface area (Å²) in [6, 6.07) is 7.88. The number of rotatable bonds is 9. The van der Waals surface area contributed by atoms with Crippen molar-refractivity contribution in [1.29, 1.82) is 0 Å². The highest BCUT2D eigenvalue weighted by Crippen LogP contribution is 2.14. The molecule has 1 N–H and O–H groups in total. The minimum absolute atomic E-state index is 0.00337. The summed E-state index contributed by atoms with van der Waals surface area (Å²) < 4.78 is 5.57. The van der Waals surface area contributed by atoms with Gasteiger partial charge in [0.2, 0.25) is 0 Å². The van der Waals surface area contributed by atoms with E-state index in [9.17, 15) is 4.79 Å². The van der Waals surface area contributed by atoms with Gasteiger partial charge in [-0.05, 0) is 31.4 Å². The highest BCUT2D eigenvalue weighted by Gasteiger charge is 2.10. The summed E-state index contributed by atoms with van der Waals surface area (Å²) in [7, 11) is 0. The first kappa shape index (κ1) is 16.5. The monoisotopic (exact) mass is 279 g/mol. The summed E-state index contributed by atoms with van der Waals surface area (Å²) >= 11 is 0. The fraction of sp³-hybridized carbons (Fsp3) is 0.562. The summed E-state index contributed by atoms with van der Waals surface area (Å²) in [6.07, 6.45) is 1.03. The molecule has 4 nitrogen and oxygen atoms in total. The average molecular weight is 279 g/mol. The van der Waals surface area contributed by atoms with Gasteiger partial charge >= 0.3 is 5.97 Å². The van der Waals surface area contributed by atoms with Crippen LogP contribution in [0, 0.1) is 12.8 Å². The SMILES string of the molecule is Cc1ccc(N(CCOCCC(C)C)CC(=O)O)cc1. The lowest BCUT2D eigenvalue weighted by atomic mass is 10.1. The van der Waals surface area contributed by atoms with Gasteiger partial charge in [0.05, 0.1) is 6.61 Å². The predicted octanol–water partition coefficient (Wildman–Crippen LogP) is 2.95. The number of ether oxygens (including phenoxy) is 1. The van der Waals surface area contributed by atoms with Crippen LogP contribution in [0.5, 0.6) is 0 Å². The molecule has 0 saturated carbocycles. The molecule has 0 radical (unpaired) electrons. The van der Waals surface area contributed by atoms with E-state index in [-0.39, 0.29) is 6.54 Å². The Bertz CT molecular complexity index is 401. The molecule has 0 spiro atoms. The van der Waals surface area contributed by atoms with Crippen LogP contribution in [0.25, 0.3) is 0 Å². The first-order valence-corrected chi connectivity index (χ1v) is 7.10. The lowest BCUT2D eigenvalue weighted by Crippen LogP contribution is -2.32. The molecule has 0 aromatic heterocycles. The van der Waals surface area contributed by atoms with Crippen molar-refractivity contribution in [1.82, 2.24) is 0 Å². The van der Waals surface area contributed by atoms with Gasteiger partial charge < -0.3 is 14.7 Å². The lowest BCUT2D eigenvalue weighted by Gasteiger charge is -2.23. The van der Waals surface area contributed by atoms with E-state index in [0.29, 0.717) is 19.1 Å². The zero-order chi connectivity index (χ0) is 15.0. The van der Waals surface area contributed by atoms with Crippen LogP contribution in [-0.2, 0) is 9.53 Å². The summed E-state index contributed by atoms with van der Waals surface area (Å²) in [6.45, 7) is 8.20. The lowest BCUT2D eigenvalue weighted by molar-refractivity contribution is -0.135. The number of anilines is 1. The minimum atomic E-state index is -0.826. The van der Waals surface area contributed by atoms with Crippen molar-refractivity contribution < 1.29 is 14.6 Å². The van der Waals surface area contributed by atoms with Gasteiger partial charge in [-0.2, -0.15) is 0 Å². The second-order valence-electron chi connectivity index (χ2n) is 5.45. The Kier molecular flexibility index (Phi) is 7.09. The molecule has 0 aliphatic carbocycles. The van der Waals surface area contributed by atoms with Crippen LogP contribution in [0.1, 0.15) is 25.8 Å². The molecule has 0 unspecified atom stereocenters. The number of aliphatic carboxylic acids is 1. The average Bonchev–Trinajstić information content (AvgIpc) is 2.37. The standard InChI is InChI=1S/C16H25NO3/c1-13(2)8-10-20-11-9-17(12-16(18)19)15-6-4-14(3)5-7-15/h4-7,13H,8-12H2,1-3H3,(H,18,19). The molecular formula is C16H25NO3. The maximum Gasteiger partial charge on any atom is 0.323 e. The van der Waals surface area contributed by atoms with Gasteiger partial charge in [-0.25, -0.2) is 0 Å². The van der Waals surface area contributed by atoms with Crippen LogP contribution in [-0.4, -0.2) is 37.4 Å². The summed E-state index contributed by atoms with van der Waals surface area (Å²) in [5.41, 5.74) is 2.09. The van der Waals surface area contributed by atoms with Gasteiger partial charge in [0.15, 0.2) is 0 Å². The Labute approximate surface area is 121 Å². The smallest absolute Gasteiger partial charge is 0.323 e. The van der Waals surface area contributed by atoms with Crippen LogP contribution in [0.2, 0.25) is 0 Å². The van der Waals surface area contributed by atoms with Gasteiger partial charge in [-0.15, -0.1) is 0 Å². The third-order valence-corrected chi connectivity index (χ3v) is 3.07. The van der Waals surface area contributed by atoms with Crippen LogP contribution in [0.4, 0.5) is 5.69 Å². The van der Waals surface area contributed by atoms with Crippen molar-refractivity contribution in [2.24, 2.45) is 5.92 Å². The van der Waals surface area contributed by atoms with Gasteiger partial charge in [0, 0.05) is 18.8 Å². The van der Waals surface area contributed by atoms with Crippen LogP contribution >= 0.6 is 0 Å². The van der Waals surface area contributed by atoms with E-state index in [1.807, 2.05) is 36.1 Å². The van der Waals surface area contributed by atoms with Gasteiger partial charge in [-0.3, -0.25) is 4.79 Å². The molecular weight excluding hydrogens is 254 g/mol. The van der Waals surface area contributed by atoms with Crippen molar-refractivity contribution >= 4 is 11.7 Å². The van der Waals surface area contributed by atoms with Crippen molar-refractivity contribution in [2.45, 2.75) is 27.2 Å². The van der Waals surface area contributed by atoms with Gasteiger partial charge in [0.25, 0.3) is 0 Å². The molecule has 1 aromatic rings. The molecule has 0 aliphatic rings. The molecule has 0 atom stereocenters. The molecule has 112 valence electrons. The second-order valence-corrected chi connectivity index (χ2v) is 5.45. The Morgan fingerprint density at radius 3 is 2.45 bits per heavy atom. The number of carbonyl (C=O) groups is 1. The zero-order valence-electron chi connectivity index (χ0n) is 12.6. The number of carboxylic acid groups (broad SMARTS) is 1. The highest BCUT2D eigenvalue weighted by molar-refractivity contribution is 5.73. The van der Waals surface area contributed by atoms with Crippen molar-refractivity contribution in [2.75, 3.05) is 31.2 Å². The maximum absolute atomic E-state index is 10.9. The number of hydrogen-bond donors (Lipinski definition) is 1. The zero-order valence-corrected chi connectivity index (χ0v) is 12.6. The molecule has 0 amide bonds. The van der Waals surface area contributed by atoms with Crippen LogP contribution in [0.3, 0.4) is 0 Å². The molecule has 0 bridgehead atoms. The van der Waals surface area contributed by atoms with E-state index >= 15 is 0 Å². The molecule has 20 heavy (non-hydrogen) atoms. The number of aryl methyl sites for hydroxylation is 1. The number of benzene rings is 1. The number of carboxylic acids is 1. The molecule has 0 aliphatic heterocycles. The molecule has 0 heterocycles. The number of nitrogens with zero attached hydrogens (tertiary/aromatic N) is 1. The van der Waals surface area contributed by atoms with E-state index in [1.165, 1.54) is 0 Å². The Balaban J connectivity index is 2.48. The normalized spacial score (nSPS) is 10.8. The van der Waals surface area contributed by atoms with E-state index < -0.39 is 5.97 Å². The first-order chi connectivity index (χ1) is 9.49. The van der Waals surface area contributed by atoms with E-state index in [0.717, 1.165) is 24.3 Å². The largest absolute Gasteiger partial charge is 0.480 e. The fourth-order valence-corrected chi connectivity index (χ4v) is 1.81. The molecule has 0 saturated heterocycles. The van der Waals surface area contributed by atoms with E-state index in [2.05, 4.69) is 13.8 Å². The van der Waals surface area contributed by atoms with Crippen molar-refractivity contribution in [3.63, 3.8) is 0 Å². The van der Waals surface area contributed by atoms with Crippen molar-refractivity contribution in [3.8, 4) is 0 Å². The van der Waals surface area contributed by atoms with E-state index in [4.69, 9.17) is 9.84 Å². The second kappa shape index (κ2) is 8.59. The van der Waals surface area contributed by atoms with Crippen molar-refractivity contribution in [3.05, 3.63) is 29.8 Å². The molecule has 1 aromatic carbocycles. The summed E-state index contributed by atoms with van der Waals surface area (Å²) in [5.74, 6) is -0.199. The Hall–Kier alpha value is -1.55. The predicted molar refractivity (Wildman–Crippen MR) is 81.3 cm³/mol. The molecule has 0 fully saturated rings. The topological polar surface area (TPSA) is 49.8 Å². The highest BCUT2D eigenvalue weighted by atomic mass is 16.5. The molecule has 1 rings (SSSR count). The number of hydrogen-bond acceptors (Lipinski definition) is 3. The third kappa shape index (κ3) is 6.57. The minimum Gasteiger partial charge on any atom is -0.480 e. The quantitative estimate of drug-likeness (QED) is 0.706. The first-order valence-electron chi connectivity index (χ1n) is 7.10. The van der Waals surface area contributed by atoms with Crippen LogP contribution in [0.15, 0.2) is 24.3 Å². The van der Waals surface area contributed by atoms with Gasteiger partial charge in [0.1, 0.15) is 6.54 Å². The van der Waals surface area contributed by atoms with Crippen LogP contribution < -0.4 is 4.90 Å². The summed E-state index contributed by atoms with van der Waals surface area (Å²) in [5, 5.41) is 8.99. The Morgan fingerprint density at radius 2 is 1.90 bits per heavy atom. The fourth-order valence-electron chi connectivity index (χ4n) is 1.81. The third-order valence-electron chi connectivity index (χ3n) is 3.07. The summed E-state index contributed by atoms with van der Waals surface area (Å²) in [4.78, 5) is 12.8. The molecule has 4 heteroatoms. The van der Waals surface area contributed by atoms with Gasteiger partial charge in [-0.1, -0.05) is 31.5 Å². The maximum atomic E-state index is 10.9. The van der Waals surface area contributed by atoms with E-state index in [1.54, 1.807) is 0 Å².